The Morgan fingerprint density at radius 2 is 1.63 bits per heavy atom. The molecule has 0 aliphatic rings. The van der Waals surface area contributed by atoms with Gasteiger partial charge in [-0.1, -0.05) is 60.3 Å². The van der Waals surface area contributed by atoms with Gasteiger partial charge >= 0.3 is 0 Å². The number of aromatic nitrogens is 6. The second kappa shape index (κ2) is 7.76. The molecule has 3 heterocycles. The van der Waals surface area contributed by atoms with Gasteiger partial charge in [-0.25, -0.2) is 9.67 Å². The maximum atomic E-state index is 4.89. The highest BCUT2D eigenvalue weighted by molar-refractivity contribution is 7.98. The van der Waals surface area contributed by atoms with Crippen LogP contribution in [0.2, 0.25) is 0 Å². The third kappa shape index (κ3) is 3.48. The van der Waals surface area contributed by atoms with Crippen LogP contribution in [-0.2, 0) is 5.75 Å². The van der Waals surface area contributed by atoms with Crippen molar-refractivity contribution in [3.05, 3.63) is 89.9 Å². The summed E-state index contributed by atoms with van der Waals surface area (Å²) < 4.78 is 3.94. The Hall–Kier alpha value is -3.45. The number of benzene rings is 2. The van der Waals surface area contributed by atoms with Crippen LogP contribution in [0, 0.1) is 13.8 Å². The first kappa shape index (κ1) is 18.6. The number of hydrogen-bond acceptors (Lipinski definition) is 5. The summed E-state index contributed by atoms with van der Waals surface area (Å²) >= 11 is 1.64. The number of aryl methyl sites for hydroxylation is 2. The Kier molecular flexibility index (Phi) is 4.80. The molecule has 148 valence electrons. The van der Waals surface area contributed by atoms with E-state index in [4.69, 9.17) is 5.10 Å². The molecule has 0 unspecified atom stereocenters. The van der Waals surface area contributed by atoms with Gasteiger partial charge in [0.15, 0.2) is 5.16 Å². The lowest BCUT2D eigenvalue weighted by Gasteiger charge is -2.04. The van der Waals surface area contributed by atoms with Crippen LogP contribution in [0.3, 0.4) is 0 Å². The molecule has 0 radical (unpaired) electrons. The number of nitrogens with zero attached hydrogens (tertiary/aromatic N) is 6. The quantitative estimate of drug-likeness (QED) is 0.385. The van der Waals surface area contributed by atoms with E-state index in [1.807, 2.05) is 58.5 Å². The van der Waals surface area contributed by atoms with E-state index in [-0.39, 0.29) is 0 Å². The molecule has 2 aromatic carbocycles. The first-order valence-corrected chi connectivity index (χ1v) is 10.7. The third-order valence-corrected chi connectivity index (χ3v) is 5.86. The molecule has 0 N–H and O–H groups in total. The van der Waals surface area contributed by atoms with Crippen molar-refractivity contribution in [2.24, 2.45) is 0 Å². The smallest absolute Gasteiger partial charge is 0.256 e. The fourth-order valence-corrected chi connectivity index (χ4v) is 4.45. The molecular weight excluding hydrogens is 392 g/mol. The average Bonchev–Trinajstić information content (AvgIpc) is 3.38. The summed E-state index contributed by atoms with van der Waals surface area (Å²) in [6.45, 7) is 4.02. The lowest BCUT2D eigenvalue weighted by atomic mass is 10.1. The third-order valence-electron chi connectivity index (χ3n) is 4.88. The number of thioether (sulfide) groups is 1. The highest BCUT2D eigenvalue weighted by atomic mass is 32.2. The Morgan fingerprint density at radius 1 is 0.900 bits per heavy atom. The fourth-order valence-electron chi connectivity index (χ4n) is 3.50. The van der Waals surface area contributed by atoms with Gasteiger partial charge in [-0.3, -0.25) is 4.40 Å². The molecular formula is C23H20N6S. The maximum absolute atomic E-state index is 4.89. The summed E-state index contributed by atoms with van der Waals surface area (Å²) in [5.74, 6) is 1.36. The highest BCUT2D eigenvalue weighted by Crippen LogP contribution is 2.30. The molecule has 30 heavy (non-hydrogen) atoms. The molecule has 0 saturated carbocycles. The zero-order chi connectivity index (χ0) is 20.5. The Balaban J connectivity index is 1.52. The van der Waals surface area contributed by atoms with E-state index in [0.717, 1.165) is 44.8 Å². The van der Waals surface area contributed by atoms with Gasteiger partial charge in [0.05, 0.1) is 11.4 Å². The van der Waals surface area contributed by atoms with Gasteiger partial charge in [0, 0.05) is 34.5 Å². The van der Waals surface area contributed by atoms with Crippen LogP contribution in [0.25, 0.3) is 22.7 Å². The Morgan fingerprint density at radius 3 is 2.40 bits per heavy atom. The van der Waals surface area contributed by atoms with E-state index in [2.05, 4.69) is 52.6 Å². The second-order valence-corrected chi connectivity index (χ2v) is 8.04. The molecule has 0 fully saturated rings. The molecule has 3 aromatic heterocycles. The van der Waals surface area contributed by atoms with Crippen molar-refractivity contribution in [3.8, 4) is 16.9 Å². The van der Waals surface area contributed by atoms with Gasteiger partial charge in [-0.15, -0.1) is 10.2 Å². The van der Waals surface area contributed by atoms with Gasteiger partial charge < -0.3 is 0 Å². The number of hydrogen-bond donors (Lipinski definition) is 0. The monoisotopic (exact) mass is 412 g/mol. The highest BCUT2D eigenvalue weighted by Gasteiger charge is 2.15. The Bertz CT molecular complexity index is 1310. The zero-order valence-corrected chi connectivity index (χ0v) is 17.5. The standard InChI is InChI=1S/C23H20N6S/c1-16-13-17(2)29-22(24-16)25-26-23(29)30-15-19-14-28(20-11-7-4-8-12-20)27-21(19)18-9-5-3-6-10-18/h3-14H,15H2,1-2H3. The van der Waals surface area contributed by atoms with Crippen molar-refractivity contribution >= 4 is 17.5 Å². The lowest BCUT2D eigenvalue weighted by Crippen LogP contribution is -1.97. The molecule has 0 bridgehead atoms. The summed E-state index contributed by atoms with van der Waals surface area (Å²) in [7, 11) is 0. The molecule has 0 aliphatic heterocycles. The van der Waals surface area contributed by atoms with Crippen molar-refractivity contribution in [3.63, 3.8) is 0 Å². The second-order valence-electron chi connectivity index (χ2n) is 7.09. The van der Waals surface area contributed by atoms with Crippen LogP contribution in [-0.4, -0.2) is 29.4 Å². The van der Waals surface area contributed by atoms with Crippen LogP contribution in [0.5, 0.6) is 0 Å². The fraction of sp³-hybridized carbons (Fsp3) is 0.130. The van der Waals surface area contributed by atoms with Crippen molar-refractivity contribution in [1.29, 1.82) is 0 Å². The van der Waals surface area contributed by atoms with Gasteiger partial charge in [-0.2, -0.15) is 5.10 Å². The zero-order valence-electron chi connectivity index (χ0n) is 16.7. The van der Waals surface area contributed by atoms with E-state index in [1.54, 1.807) is 11.8 Å². The predicted molar refractivity (Wildman–Crippen MR) is 119 cm³/mol. The molecule has 7 heteroatoms. The number of rotatable bonds is 5. The van der Waals surface area contributed by atoms with E-state index >= 15 is 0 Å². The number of para-hydroxylation sites is 1. The summed E-state index contributed by atoms with van der Waals surface area (Å²) in [5.41, 5.74) is 6.28. The first-order valence-electron chi connectivity index (χ1n) is 9.70. The van der Waals surface area contributed by atoms with E-state index in [0.29, 0.717) is 5.78 Å². The van der Waals surface area contributed by atoms with Gasteiger partial charge in [0.2, 0.25) is 0 Å². The average molecular weight is 413 g/mol. The minimum absolute atomic E-state index is 0.637. The summed E-state index contributed by atoms with van der Waals surface area (Å²) in [6.07, 6.45) is 2.10. The van der Waals surface area contributed by atoms with Crippen molar-refractivity contribution < 1.29 is 0 Å². The van der Waals surface area contributed by atoms with Crippen LogP contribution in [0.1, 0.15) is 17.0 Å². The largest absolute Gasteiger partial charge is 0.259 e. The molecule has 5 aromatic rings. The van der Waals surface area contributed by atoms with Crippen molar-refractivity contribution in [2.45, 2.75) is 24.8 Å². The van der Waals surface area contributed by atoms with Crippen LogP contribution in [0.4, 0.5) is 0 Å². The normalized spacial score (nSPS) is 11.3. The van der Waals surface area contributed by atoms with E-state index < -0.39 is 0 Å². The van der Waals surface area contributed by atoms with E-state index in [1.165, 1.54) is 0 Å². The predicted octanol–water partition coefficient (Wildman–Crippen LogP) is 4.89. The van der Waals surface area contributed by atoms with Crippen LogP contribution >= 0.6 is 11.8 Å². The summed E-state index contributed by atoms with van der Waals surface area (Å²) in [6, 6.07) is 22.5. The summed E-state index contributed by atoms with van der Waals surface area (Å²) in [4.78, 5) is 4.48. The van der Waals surface area contributed by atoms with E-state index in [9.17, 15) is 0 Å². The molecule has 0 saturated heterocycles. The lowest BCUT2D eigenvalue weighted by molar-refractivity contribution is 0.882. The first-order chi connectivity index (χ1) is 14.7. The SMILES string of the molecule is Cc1cc(C)n2c(SCc3cn(-c4ccccc4)nc3-c3ccccc3)nnc2n1. The summed E-state index contributed by atoms with van der Waals surface area (Å²) in [5, 5.41) is 14.3. The molecule has 0 aliphatic carbocycles. The topological polar surface area (TPSA) is 60.9 Å². The van der Waals surface area contributed by atoms with Crippen molar-refractivity contribution in [2.75, 3.05) is 0 Å². The van der Waals surface area contributed by atoms with Gasteiger partial charge in [-0.05, 0) is 32.0 Å². The van der Waals surface area contributed by atoms with Gasteiger partial charge in [0.1, 0.15) is 0 Å². The van der Waals surface area contributed by atoms with Gasteiger partial charge in [0.25, 0.3) is 5.78 Å². The van der Waals surface area contributed by atoms with Crippen LogP contribution in [0.15, 0.2) is 78.1 Å². The Labute approximate surface area is 178 Å². The minimum atomic E-state index is 0.637. The molecule has 5 rings (SSSR count). The molecule has 0 amide bonds. The molecule has 0 spiro atoms. The van der Waals surface area contributed by atoms with Crippen molar-refractivity contribution in [1.82, 2.24) is 29.4 Å². The molecule has 6 nitrogen and oxygen atoms in total. The minimum Gasteiger partial charge on any atom is -0.259 e. The maximum Gasteiger partial charge on any atom is 0.256 e. The van der Waals surface area contributed by atoms with Crippen LogP contribution < -0.4 is 0 Å². The molecule has 0 atom stereocenters. The number of fused-ring (bicyclic) bond motifs is 1.